The number of hydrogen-bond donors (Lipinski definition) is 14. The van der Waals surface area contributed by atoms with Gasteiger partial charge in [-0.05, 0) is 111 Å². The standard InChI is InChI=1S/C51H86O23/c1-20(18-66-45-40(61)37(58)34(55)29(16-52)70-45)8-13-51(65)21(2)32-28(74-51)15-27-25-7-6-23-14-24(9-11-49(23,4)26(25)10-12-50(27,32)5)69-48-43(64)39(60)44(73-47-42(63)36(57)33(54)22(3)68-47)31(72-48)19-67-46-41(62)38(59)35(56)30(17-53)71-46/h20-48,52-65H,6-19H2,1-5H3/t20-,21-,22-,23+,24-,25+,26-,27-,28?,29+,30+,31+,32-,33-,34+,35+,36+,37-,38-,39+,40+,41+,42+,43+,44+,45+,46+,47-,48+,49-,50-,51+/m0/s1. The SMILES string of the molecule is C[C@@H](CC[C@@]1(O)OC2C[C@H]3[C@@H]4CC[C@@H]5C[C@@H](O[C@@H]6O[C@H](CO[C@@H]7O[C@H](CO)[C@@H](O)[C@H](O)[C@H]7O)[C@@H](O[C@@H]7O[C@@H](C)[C@H](O)[C@@H](O)[C@H]7O)[C@H](O)[C@H]6O)CC[C@]5(C)[C@H]4CC[C@]3(C)[C@H]2[C@@H]1C)CO[C@@H]1O[C@H](CO)[C@@H](O)[C@H](O)[C@H]1O. The van der Waals surface area contributed by atoms with Gasteiger partial charge in [-0.25, -0.2) is 0 Å². The summed E-state index contributed by atoms with van der Waals surface area (Å²) in [5.74, 6) is 0.296. The molecule has 0 amide bonds. The molecule has 23 heteroatoms. The van der Waals surface area contributed by atoms with E-state index in [9.17, 15) is 71.5 Å². The van der Waals surface area contributed by atoms with E-state index in [0.29, 0.717) is 49.4 Å². The average Bonchev–Trinajstić information content (AvgIpc) is 3.82. The summed E-state index contributed by atoms with van der Waals surface area (Å²) in [7, 11) is 0. The van der Waals surface area contributed by atoms with Gasteiger partial charge in [0.2, 0.25) is 0 Å². The minimum atomic E-state index is -1.77. The van der Waals surface area contributed by atoms with Crippen molar-refractivity contribution in [2.75, 3.05) is 26.4 Å². The third-order valence-corrected chi connectivity index (χ3v) is 20.0. The first-order valence-electron chi connectivity index (χ1n) is 27.2. The van der Waals surface area contributed by atoms with Crippen molar-refractivity contribution >= 4 is 0 Å². The number of rotatable bonds is 15. The molecule has 5 heterocycles. The molecule has 0 aromatic rings. The normalized spacial score (nSPS) is 56.0. The van der Waals surface area contributed by atoms with Gasteiger partial charge in [0.15, 0.2) is 30.9 Å². The first kappa shape index (κ1) is 57.8. The Labute approximate surface area is 431 Å². The summed E-state index contributed by atoms with van der Waals surface area (Å²) in [6.07, 6.45) is -22.3. The fourth-order valence-electron chi connectivity index (χ4n) is 15.5. The summed E-state index contributed by atoms with van der Waals surface area (Å²) in [4.78, 5) is 0. The van der Waals surface area contributed by atoms with Crippen LogP contribution in [0.3, 0.4) is 0 Å². The molecule has 0 aromatic heterocycles. The Hall–Kier alpha value is -0.920. The minimum Gasteiger partial charge on any atom is -0.394 e. The van der Waals surface area contributed by atoms with Crippen molar-refractivity contribution in [2.24, 2.45) is 52.3 Å². The quantitative estimate of drug-likeness (QED) is 0.0730. The van der Waals surface area contributed by atoms with Crippen LogP contribution in [0.4, 0.5) is 0 Å². The lowest BCUT2D eigenvalue weighted by atomic mass is 9.44. The summed E-state index contributed by atoms with van der Waals surface area (Å²) >= 11 is 0. The van der Waals surface area contributed by atoms with Gasteiger partial charge in [-0.2, -0.15) is 0 Å². The Balaban J connectivity index is 0.809. The van der Waals surface area contributed by atoms with E-state index in [4.69, 9.17) is 42.6 Å². The monoisotopic (exact) mass is 1070 g/mol. The van der Waals surface area contributed by atoms with Crippen LogP contribution in [0, 0.1) is 52.3 Å². The second-order valence-corrected chi connectivity index (χ2v) is 24.3. The number of aliphatic hydroxyl groups excluding tert-OH is 13. The van der Waals surface area contributed by atoms with Crippen molar-refractivity contribution in [3.8, 4) is 0 Å². The Morgan fingerprint density at radius 3 is 1.78 bits per heavy atom. The molecule has 0 aromatic carbocycles. The van der Waals surface area contributed by atoms with Crippen LogP contribution in [0.2, 0.25) is 0 Å². The van der Waals surface area contributed by atoms with Crippen LogP contribution in [0.15, 0.2) is 0 Å². The van der Waals surface area contributed by atoms with Gasteiger partial charge in [0.25, 0.3) is 0 Å². The van der Waals surface area contributed by atoms with Crippen molar-refractivity contribution < 1.29 is 114 Å². The zero-order valence-corrected chi connectivity index (χ0v) is 43.1. The minimum absolute atomic E-state index is 0.00517. The van der Waals surface area contributed by atoms with Gasteiger partial charge in [-0.15, -0.1) is 0 Å². The summed E-state index contributed by atoms with van der Waals surface area (Å²) < 4.78 is 53.9. The van der Waals surface area contributed by atoms with E-state index in [0.717, 1.165) is 38.5 Å². The first-order valence-corrected chi connectivity index (χ1v) is 27.2. The van der Waals surface area contributed by atoms with E-state index < -0.39 is 148 Å². The fourth-order valence-corrected chi connectivity index (χ4v) is 15.5. The van der Waals surface area contributed by atoms with Crippen molar-refractivity contribution in [3.05, 3.63) is 0 Å². The van der Waals surface area contributed by atoms with Crippen LogP contribution in [0.5, 0.6) is 0 Å². The van der Waals surface area contributed by atoms with Gasteiger partial charge in [0.1, 0.15) is 91.6 Å². The Bertz CT molecular complexity index is 1850. The van der Waals surface area contributed by atoms with Gasteiger partial charge in [-0.3, -0.25) is 0 Å². The zero-order valence-electron chi connectivity index (χ0n) is 43.1. The highest BCUT2D eigenvalue weighted by atomic mass is 16.8. The Kier molecular flexibility index (Phi) is 17.6. The molecule has 23 nitrogen and oxygen atoms in total. The smallest absolute Gasteiger partial charge is 0.187 e. The molecule has 32 atom stereocenters. The molecule has 0 bridgehead atoms. The van der Waals surface area contributed by atoms with Crippen LogP contribution in [-0.4, -0.2) is 239 Å². The Morgan fingerprint density at radius 1 is 0.568 bits per heavy atom. The molecule has 0 radical (unpaired) electrons. The van der Waals surface area contributed by atoms with Crippen molar-refractivity contribution in [2.45, 2.75) is 240 Å². The van der Waals surface area contributed by atoms with Crippen molar-refractivity contribution in [3.63, 3.8) is 0 Å². The summed E-state index contributed by atoms with van der Waals surface area (Å²) in [6.45, 7) is 8.72. The van der Waals surface area contributed by atoms with Gasteiger partial charge >= 0.3 is 0 Å². The van der Waals surface area contributed by atoms with Gasteiger partial charge in [0, 0.05) is 12.3 Å². The second kappa shape index (κ2) is 22.6. The lowest BCUT2D eigenvalue weighted by molar-refractivity contribution is -0.369. The highest BCUT2D eigenvalue weighted by Gasteiger charge is 2.68. The van der Waals surface area contributed by atoms with Crippen LogP contribution in [-0.2, 0) is 42.6 Å². The number of ether oxygens (including phenoxy) is 9. The molecule has 5 saturated heterocycles. The van der Waals surface area contributed by atoms with E-state index >= 15 is 0 Å². The lowest BCUT2D eigenvalue weighted by Gasteiger charge is -2.61. The third kappa shape index (κ3) is 10.4. The van der Waals surface area contributed by atoms with E-state index in [1.807, 2.05) is 6.92 Å². The van der Waals surface area contributed by atoms with E-state index in [1.165, 1.54) is 6.92 Å². The molecular formula is C51H86O23. The highest BCUT2D eigenvalue weighted by molar-refractivity contribution is 5.15. The molecule has 428 valence electrons. The average molecular weight is 1070 g/mol. The van der Waals surface area contributed by atoms with Crippen molar-refractivity contribution in [1.29, 1.82) is 0 Å². The largest absolute Gasteiger partial charge is 0.394 e. The molecule has 4 saturated carbocycles. The van der Waals surface area contributed by atoms with E-state index in [2.05, 4.69) is 20.8 Å². The maximum Gasteiger partial charge on any atom is 0.187 e. The van der Waals surface area contributed by atoms with E-state index in [1.54, 1.807) is 0 Å². The van der Waals surface area contributed by atoms with Gasteiger partial charge in [-0.1, -0.05) is 27.7 Å². The fraction of sp³-hybridized carbons (Fsp3) is 1.00. The third-order valence-electron chi connectivity index (χ3n) is 20.0. The zero-order chi connectivity index (χ0) is 53.5. The highest BCUT2D eigenvalue weighted by Crippen LogP contribution is 2.71. The molecule has 1 unspecified atom stereocenters. The van der Waals surface area contributed by atoms with Crippen LogP contribution >= 0.6 is 0 Å². The number of hydrogen-bond acceptors (Lipinski definition) is 23. The first-order chi connectivity index (χ1) is 35.0. The molecule has 5 aliphatic heterocycles. The molecule has 9 rings (SSSR count). The summed E-state index contributed by atoms with van der Waals surface area (Å²) in [5, 5.41) is 148. The topological polar surface area (TPSA) is 366 Å². The molecule has 9 aliphatic rings. The van der Waals surface area contributed by atoms with E-state index in [-0.39, 0.29) is 47.4 Å². The summed E-state index contributed by atoms with van der Waals surface area (Å²) in [5.41, 5.74) is -0.0251. The maximum absolute atomic E-state index is 12.1. The second-order valence-electron chi connectivity index (χ2n) is 24.3. The van der Waals surface area contributed by atoms with Crippen LogP contribution < -0.4 is 0 Å². The van der Waals surface area contributed by atoms with Crippen molar-refractivity contribution in [1.82, 2.24) is 0 Å². The Morgan fingerprint density at radius 2 is 1.14 bits per heavy atom. The summed E-state index contributed by atoms with van der Waals surface area (Å²) in [6, 6.07) is 0. The molecule has 74 heavy (non-hydrogen) atoms. The van der Waals surface area contributed by atoms with Crippen LogP contribution in [0.1, 0.15) is 98.8 Å². The van der Waals surface area contributed by atoms with Crippen LogP contribution in [0.25, 0.3) is 0 Å². The molecule has 0 spiro atoms. The van der Waals surface area contributed by atoms with Gasteiger partial charge in [0.05, 0.1) is 44.7 Å². The maximum atomic E-state index is 12.1. The number of aliphatic hydroxyl groups is 14. The molecular weight excluding hydrogens is 981 g/mol. The number of fused-ring (bicyclic) bond motifs is 7. The molecule has 9 fully saturated rings. The van der Waals surface area contributed by atoms with Gasteiger partial charge < -0.3 is 114 Å². The predicted octanol–water partition coefficient (Wildman–Crippen LogP) is -2.93. The molecule has 14 N–H and O–H groups in total. The molecule has 4 aliphatic carbocycles. The lowest BCUT2D eigenvalue weighted by Crippen LogP contribution is -2.65. The predicted molar refractivity (Wildman–Crippen MR) is 250 cm³/mol.